The Hall–Kier alpha value is -3.42. The average molecular weight is 386 g/mol. The Morgan fingerprint density at radius 2 is 1.59 bits per heavy atom. The third-order valence-electron chi connectivity index (χ3n) is 5.13. The molecule has 4 rings (SSSR count). The summed E-state index contributed by atoms with van der Waals surface area (Å²) in [6, 6.07) is 24.1. The molecule has 1 atom stereocenters. The number of nitrogens with one attached hydrogen (secondary N) is 1. The number of nitrogens with zero attached hydrogens (tertiary/aromatic N) is 1. The Balaban J connectivity index is 2.05. The molecule has 1 heterocycles. The molecule has 0 spiro atoms. The number of fused-ring (bicyclic) bond motifs is 1. The molecule has 0 radical (unpaired) electrons. The van der Waals surface area contributed by atoms with Gasteiger partial charge in [-0.25, -0.2) is 0 Å². The van der Waals surface area contributed by atoms with E-state index in [4.69, 9.17) is 0 Å². The highest BCUT2D eigenvalue weighted by Gasteiger charge is 2.29. The largest absolute Gasteiger partial charge is 0.490 e. The van der Waals surface area contributed by atoms with E-state index in [9.17, 15) is 20.2 Å². The second-order valence-electron chi connectivity index (χ2n) is 6.90. The zero-order chi connectivity index (χ0) is 20.4. The molecular formula is C22H19BN2O4. The topological polar surface area (TPSA) is 99.4 Å². The van der Waals surface area contributed by atoms with E-state index in [0.29, 0.717) is 11.0 Å². The standard InChI is InChI=1S/C22H19BN2O4/c26-23(27)19-13-7-12-17-20(18(14-25(28)29)15-8-3-1-4-9-15)21(24-22(17)19)16-10-5-2-6-11-16/h1-13,18,24,26-27H,14H2. The Morgan fingerprint density at radius 3 is 2.21 bits per heavy atom. The number of aromatic amines is 1. The van der Waals surface area contributed by atoms with Crippen LogP contribution in [-0.4, -0.2) is 33.6 Å². The van der Waals surface area contributed by atoms with E-state index >= 15 is 0 Å². The molecule has 0 saturated heterocycles. The van der Waals surface area contributed by atoms with E-state index in [-0.39, 0.29) is 11.5 Å². The molecule has 1 unspecified atom stereocenters. The van der Waals surface area contributed by atoms with Crippen LogP contribution in [0.25, 0.3) is 22.2 Å². The van der Waals surface area contributed by atoms with Crippen LogP contribution in [0, 0.1) is 10.1 Å². The summed E-state index contributed by atoms with van der Waals surface area (Å²) in [5, 5.41) is 31.9. The number of benzene rings is 3. The first kappa shape index (κ1) is 18.9. The van der Waals surface area contributed by atoms with Gasteiger partial charge < -0.3 is 15.0 Å². The lowest BCUT2D eigenvalue weighted by Crippen LogP contribution is -2.30. The van der Waals surface area contributed by atoms with Crippen molar-refractivity contribution in [3.8, 4) is 11.3 Å². The molecule has 0 aliphatic rings. The number of para-hydroxylation sites is 1. The highest BCUT2D eigenvalue weighted by molar-refractivity contribution is 6.61. The van der Waals surface area contributed by atoms with E-state index in [1.807, 2.05) is 66.7 Å². The predicted octanol–water partition coefficient (Wildman–Crippen LogP) is 2.92. The number of hydrogen-bond donors (Lipinski definition) is 3. The minimum atomic E-state index is -1.65. The van der Waals surface area contributed by atoms with Gasteiger partial charge >= 0.3 is 7.12 Å². The fraction of sp³-hybridized carbons (Fsp3) is 0.0909. The molecule has 4 aromatic rings. The molecule has 6 nitrogen and oxygen atoms in total. The second-order valence-corrected chi connectivity index (χ2v) is 6.90. The molecule has 0 saturated carbocycles. The summed E-state index contributed by atoms with van der Waals surface area (Å²) < 4.78 is 0. The molecule has 0 bridgehead atoms. The zero-order valence-electron chi connectivity index (χ0n) is 15.5. The Morgan fingerprint density at radius 1 is 0.931 bits per heavy atom. The molecule has 0 aliphatic carbocycles. The van der Waals surface area contributed by atoms with Gasteiger partial charge in [-0.15, -0.1) is 0 Å². The molecule has 3 N–H and O–H groups in total. The second kappa shape index (κ2) is 7.91. The zero-order valence-corrected chi connectivity index (χ0v) is 15.5. The van der Waals surface area contributed by atoms with Crippen LogP contribution >= 0.6 is 0 Å². The van der Waals surface area contributed by atoms with Crippen molar-refractivity contribution in [2.24, 2.45) is 0 Å². The number of nitro groups is 1. The molecule has 0 amide bonds. The molecule has 29 heavy (non-hydrogen) atoms. The smallest absolute Gasteiger partial charge is 0.423 e. The van der Waals surface area contributed by atoms with E-state index in [0.717, 1.165) is 27.8 Å². The molecular weight excluding hydrogens is 367 g/mol. The summed E-state index contributed by atoms with van der Waals surface area (Å²) in [7, 11) is -1.65. The fourth-order valence-electron chi connectivity index (χ4n) is 3.87. The lowest BCUT2D eigenvalue weighted by molar-refractivity contribution is -0.481. The number of aromatic nitrogens is 1. The monoisotopic (exact) mass is 386 g/mol. The molecule has 1 aromatic heterocycles. The van der Waals surface area contributed by atoms with E-state index in [1.54, 1.807) is 12.1 Å². The van der Waals surface area contributed by atoms with E-state index in [2.05, 4.69) is 4.98 Å². The van der Waals surface area contributed by atoms with Gasteiger partial charge in [0.1, 0.15) is 0 Å². The fourth-order valence-corrected chi connectivity index (χ4v) is 3.87. The van der Waals surface area contributed by atoms with Gasteiger partial charge in [0.25, 0.3) is 0 Å². The maximum atomic E-state index is 11.6. The molecule has 144 valence electrons. The molecule has 3 aromatic carbocycles. The summed E-state index contributed by atoms with van der Waals surface area (Å²) in [6.45, 7) is -0.275. The van der Waals surface area contributed by atoms with E-state index in [1.165, 1.54) is 0 Å². The summed E-state index contributed by atoms with van der Waals surface area (Å²) in [4.78, 5) is 14.6. The quantitative estimate of drug-likeness (QED) is 0.270. The number of H-pyrrole nitrogens is 1. The Kier molecular flexibility index (Phi) is 5.16. The van der Waals surface area contributed by atoms with Crippen molar-refractivity contribution in [1.82, 2.24) is 4.98 Å². The van der Waals surface area contributed by atoms with Crippen molar-refractivity contribution in [3.63, 3.8) is 0 Å². The van der Waals surface area contributed by atoms with Crippen LogP contribution in [0.3, 0.4) is 0 Å². The van der Waals surface area contributed by atoms with Crippen molar-refractivity contribution < 1.29 is 15.0 Å². The first-order chi connectivity index (χ1) is 14.1. The van der Waals surface area contributed by atoms with Gasteiger partial charge in [0.05, 0.1) is 11.6 Å². The van der Waals surface area contributed by atoms with Crippen molar-refractivity contribution in [1.29, 1.82) is 0 Å². The van der Waals surface area contributed by atoms with Gasteiger partial charge in [0, 0.05) is 21.3 Å². The minimum Gasteiger partial charge on any atom is -0.423 e. The van der Waals surface area contributed by atoms with Crippen LogP contribution in [0.1, 0.15) is 17.0 Å². The summed E-state index contributed by atoms with van der Waals surface area (Å²) in [6.07, 6.45) is 0. The molecule has 7 heteroatoms. The molecule has 0 aliphatic heterocycles. The number of hydrogen-bond acceptors (Lipinski definition) is 4. The third kappa shape index (κ3) is 3.65. The van der Waals surface area contributed by atoms with Gasteiger partial charge in [-0.1, -0.05) is 78.9 Å². The van der Waals surface area contributed by atoms with Gasteiger partial charge in [-0.2, -0.15) is 0 Å². The lowest BCUT2D eigenvalue weighted by atomic mass is 9.78. The predicted molar refractivity (Wildman–Crippen MR) is 114 cm³/mol. The molecule has 0 fully saturated rings. The van der Waals surface area contributed by atoms with Gasteiger partial charge in [-0.3, -0.25) is 10.1 Å². The number of rotatable bonds is 6. The Labute approximate surface area is 167 Å². The lowest BCUT2D eigenvalue weighted by Gasteiger charge is -2.16. The maximum absolute atomic E-state index is 11.6. The average Bonchev–Trinajstić information content (AvgIpc) is 3.12. The van der Waals surface area contributed by atoms with Crippen LogP contribution < -0.4 is 5.46 Å². The van der Waals surface area contributed by atoms with Crippen LogP contribution in [0.15, 0.2) is 78.9 Å². The highest BCUT2D eigenvalue weighted by atomic mass is 16.6. The summed E-state index contributed by atoms with van der Waals surface area (Å²) in [5.74, 6) is -0.499. The summed E-state index contributed by atoms with van der Waals surface area (Å²) in [5.41, 5.74) is 4.12. The highest BCUT2D eigenvalue weighted by Crippen LogP contribution is 2.38. The van der Waals surface area contributed by atoms with Gasteiger partial charge in [0.2, 0.25) is 6.54 Å². The van der Waals surface area contributed by atoms with Gasteiger partial charge in [0.15, 0.2) is 0 Å². The SMILES string of the molecule is O=[N+]([O-])CC(c1ccccc1)c1c(-c2ccccc2)[nH]c2c(B(O)O)cccc12. The van der Waals surface area contributed by atoms with Crippen LogP contribution in [0.4, 0.5) is 0 Å². The van der Waals surface area contributed by atoms with Crippen LogP contribution in [0.2, 0.25) is 0 Å². The third-order valence-corrected chi connectivity index (χ3v) is 5.13. The Bertz CT molecular complexity index is 1140. The van der Waals surface area contributed by atoms with Crippen molar-refractivity contribution >= 4 is 23.5 Å². The normalized spacial score (nSPS) is 12.1. The minimum absolute atomic E-state index is 0.275. The van der Waals surface area contributed by atoms with Crippen molar-refractivity contribution in [2.75, 3.05) is 6.54 Å². The van der Waals surface area contributed by atoms with Crippen LogP contribution in [0.5, 0.6) is 0 Å². The van der Waals surface area contributed by atoms with Crippen LogP contribution in [-0.2, 0) is 0 Å². The first-order valence-electron chi connectivity index (χ1n) is 9.29. The first-order valence-corrected chi connectivity index (χ1v) is 9.29. The summed E-state index contributed by atoms with van der Waals surface area (Å²) >= 11 is 0. The van der Waals surface area contributed by atoms with Crippen molar-refractivity contribution in [2.45, 2.75) is 5.92 Å². The van der Waals surface area contributed by atoms with E-state index < -0.39 is 13.0 Å². The van der Waals surface area contributed by atoms with Crippen molar-refractivity contribution in [3.05, 3.63) is 100 Å². The van der Waals surface area contributed by atoms with Gasteiger partial charge in [-0.05, 0) is 16.7 Å². The maximum Gasteiger partial charge on any atom is 0.490 e.